The first-order valence-corrected chi connectivity index (χ1v) is 31.8. The number of rotatable bonds is 55. The number of likely N-dealkylation sites (N-methyl/N-ethyl adjacent to an activating group) is 1. The van der Waals surface area contributed by atoms with E-state index in [2.05, 4.69) is 50.4 Å². The lowest BCUT2D eigenvalue weighted by molar-refractivity contribution is -0.870. The molecule has 0 aromatic carbocycles. The van der Waals surface area contributed by atoms with Gasteiger partial charge in [0.2, 0.25) is 5.91 Å². The maximum atomic E-state index is 13.5. The number of carbonyl (C=O) groups excluding carboxylic acids is 2. The smallest absolute Gasteiger partial charge is 0.456 e. The van der Waals surface area contributed by atoms with Gasteiger partial charge in [0.25, 0.3) is 0 Å². The number of hydrogen-bond donors (Lipinski definition) is 2. The van der Waals surface area contributed by atoms with Crippen LogP contribution in [0.25, 0.3) is 0 Å². The van der Waals surface area contributed by atoms with Gasteiger partial charge in [0.1, 0.15) is 19.3 Å². The van der Waals surface area contributed by atoms with Crippen LogP contribution in [0.3, 0.4) is 0 Å². The largest absolute Gasteiger partial charge is 0.472 e. The van der Waals surface area contributed by atoms with Crippen LogP contribution in [0.4, 0.5) is 0 Å². The fraction of sp³-hybridized carbons (Fsp3) is 0.869. The van der Waals surface area contributed by atoms with Crippen molar-refractivity contribution in [2.45, 2.75) is 303 Å². The molecular formula is C61H118N2O7P+. The van der Waals surface area contributed by atoms with Crippen molar-refractivity contribution < 1.29 is 37.3 Å². The summed E-state index contributed by atoms with van der Waals surface area (Å²) in [5, 5.41) is 3.06. The number of hydrogen-bond acceptors (Lipinski definition) is 6. The molecule has 1 amide bonds. The molecule has 3 unspecified atom stereocenters. The van der Waals surface area contributed by atoms with Gasteiger partial charge >= 0.3 is 13.8 Å². The van der Waals surface area contributed by atoms with Crippen molar-refractivity contribution in [3.05, 3.63) is 36.5 Å². The number of esters is 1. The van der Waals surface area contributed by atoms with E-state index in [9.17, 15) is 19.0 Å². The average molecular weight is 1020 g/mol. The number of phosphoric ester groups is 1. The van der Waals surface area contributed by atoms with Crippen LogP contribution in [0, 0.1) is 0 Å². The topological polar surface area (TPSA) is 111 Å². The Labute approximate surface area is 440 Å². The molecular weight excluding hydrogens is 904 g/mol. The number of ether oxygens (including phenoxy) is 1. The molecule has 0 aliphatic heterocycles. The highest BCUT2D eigenvalue weighted by atomic mass is 31.2. The Morgan fingerprint density at radius 1 is 0.493 bits per heavy atom. The predicted octanol–water partition coefficient (Wildman–Crippen LogP) is 18.3. The molecule has 71 heavy (non-hydrogen) atoms. The zero-order valence-corrected chi connectivity index (χ0v) is 48.6. The second-order valence-corrected chi connectivity index (χ2v) is 23.4. The van der Waals surface area contributed by atoms with E-state index in [4.69, 9.17) is 13.8 Å². The van der Waals surface area contributed by atoms with Crippen LogP contribution in [-0.2, 0) is 27.9 Å². The van der Waals surface area contributed by atoms with Gasteiger partial charge < -0.3 is 19.4 Å². The van der Waals surface area contributed by atoms with Gasteiger partial charge in [-0.3, -0.25) is 18.6 Å². The third-order valence-electron chi connectivity index (χ3n) is 13.6. The van der Waals surface area contributed by atoms with Gasteiger partial charge in [0, 0.05) is 12.8 Å². The van der Waals surface area contributed by atoms with Gasteiger partial charge in [-0.1, -0.05) is 257 Å². The van der Waals surface area contributed by atoms with Crippen molar-refractivity contribution in [2.75, 3.05) is 40.9 Å². The highest BCUT2D eigenvalue weighted by molar-refractivity contribution is 7.47. The molecule has 0 radical (unpaired) electrons. The number of nitrogens with zero attached hydrogens (tertiary/aromatic N) is 1. The van der Waals surface area contributed by atoms with Crippen LogP contribution in [0.1, 0.15) is 290 Å². The molecule has 0 bridgehead atoms. The molecule has 0 saturated carbocycles. The maximum absolute atomic E-state index is 13.5. The number of allylic oxidation sites excluding steroid dienone is 5. The van der Waals surface area contributed by atoms with Crippen LogP contribution < -0.4 is 5.32 Å². The lowest BCUT2D eigenvalue weighted by atomic mass is 10.0. The maximum Gasteiger partial charge on any atom is 0.472 e. The van der Waals surface area contributed by atoms with Gasteiger partial charge in [0.05, 0.1) is 33.8 Å². The fourth-order valence-electron chi connectivity index (χ4n) is 8.87. The molecule has 418 valence electrons. The second-order valence-electron chi connectivity index (χ2n) is 21.9. The minimum Gasteiger partial charge on any atom is -0.456 e. The van der Waals surface area contributed by atoms with E-state index >= 15 is 0 Å². The van der Waals surface area contributed by atoms with E-state index in [1.807, 2.05) is 33.3 Å². The fourth-order valence-corrected chi connectivity index (χ4v) is 9.61. The molecule has 2 N–H and O–H groups in total. The number of quaternary nitrogens is 1. The Morgan fingerprint density at radius 2 is 0.845 bits per heavy atom. The van der Waals surface area contributed by atoms with Gasteiger partial charge in [-0.05, 0) is 57.4 Å². The molecule has 0 fully saturated rings. The van der Waals surface area contributed by atoms with Crippen LogP contribution >= 0.6 is 7.82 Å². The molecule has 0 aromatic heterocycles. The summed E-state index contributed by atoms with van der Waals surface area (Å²) in [6.07, 6.45) is 61.3. The number of carbonyl (C=O) groups is 2. The molecule has 3 atom stereocenters. The molecule has 0 saturated heterocycles. The Morgan fingerprint density at radius 3 is 1.27 bits per heavy atom. The first kappa shape index (κ1) is 69.2. The van der Waals surface area contributed by atoms with Crippen LogP contribution in [0.2, 0.25) is 0 Å². The van der Waals surface area contributed by atoms with Crippen molar-refractivity contribution in [2.24, 2.45) is 0 Å². The summed E-state index contributed by atoms with van der Waals surface area (Å²) in [5.41, 5.74) is 0. The third kappa shape index (κ3) is 52.9. The minimum absolute atomic E-state index is 0.0405. The van der Waals surface area contributed by atoms with Gasteiger partial charge in [-0.25, -0.2) is 4.57 Å². The van der Waals surface area contributed by atoms with Gasteiger partial charge in [-0.15, -0.1) is 0 Å². The molecule has 0 spiro atoms. The van der Waals surface area contributed by atoms with Gasteiger partial charge in [-0.2, -0.15) is 0 Å². The summed E-state index contributed by atoms with van der Waals surface area (Å²) >= 11 is 0. The standard InChI is InChI=1S/C61H117N2O7P/c1-7-10-13-16-19-22-25-28-30-31-33-35-38-41-44-47-50-53-60(64)62-58(57-69-71(66,67)68-56-55-63(4,5)6)59(52-49-46-43-40-37-34-27-24-21-18-15-12-9-3)70-61(65)54-51-48-45-42-39-36-32-29-26-23-20-17-14-11-8-2/h20,23,26,29,49,52,58-59H,7-19,21-22,24-25,27-28,30-48,50-51,53-57H2,1-6H3,(H-,62,64,66,67)/p+1/b23-20+,29-26+,52-49+. The van der Waals surface area contributed by atoms with E-state index in [0.29, 0.717) is 17.4 Å². The van der Waals surface area contributed by atoms with Crippen LogP contribution in [0.5, 0.6) is 0 Å². The summed E-state index contributed by atoms with van der Waals surface area (Å²) in [7, 11) is 1.50. The lowest BCUT2D eigenvalue weighted by Crippen LogP contribution is -2.47. The number of unbranched alkanes of at least 4 members (excludes halogenated alkanes) is 36. The van der Waals surface area contributed by atoms with Crippen LogP contribution in [0.15, 0.2) is 36.5 Å². The Bertz CT molecular complexity index is 1310. The highest BCUT2D eigenvalue weighted by Gasteiger charge is 2.30. The predicted molar refractivity (Wildman–Crippen MR) is 305 cm³/mol. The summed E-state index contributed by atoms with van der Waals surface area (Å²) in [6.45, 7) is 7.01. The van der Waals surface area contributed by atoms with Crippen molar-refractivity contribution in [1.29, 1.82) is 0 Å². The highest BCUT2D eigenvalue weighted by Crippen LogP contribution is 2.43. The van der Waals surface area contributed by atoms with Crippen LogP contribution in [-0.4, -0.2) is 74.3 Å². The van der Waals surface area contributed by atoms with Gasteiger partial charge in [0.15, 0.2) is 0 Å². The molecule has 0 aromatic rings. The lowest BCUT2D eigenvalue weighted by Gasteiger charge is -2.27. The number of phosphoric acid groups is 1. The van der Waals surface area contributed by atoms with Crippen molar-refractivity contribution in [3.63, 3.8) is 0 Å². The van der Waals surface area contributed by atoms with E-state index in [-0.39, 0.29) is 31.5 Å². The Hall–Kier alpha value is -1.77. The molecule has 0 aliphatic rings. The summed E-state index contributed by atoms with van der Waals surface area (Å²) < 4.78 is 30.7. The summed E-state index contributed by atoms with van der Waals surface area (Å²) in [5.74, 6) is -0.506. The SMILES string of the molecule is CCCCC/C=C/C=C/CCCCCCCCC(=O)OC(/C=C/CCCCCCCCCCCCC)C(COP(=O)(O)OCC[N+](C)(C)C)NC(=O)CCCCCCCCCCCCCCCCCCC. The second kappa shape index (κ2) is 51.7. The first-order valence-electron chi connectivity index (χ1n) is 30.3. The molecule has 10 heteroatoms. The zero-order chi connectivity index (χ0) is 52.2. The summed E-state index contributed by atoms with van der Waals surface area (Å²) in [4.78, 5) is 37.7. The van der Waals surface area contributed by atoms with E-state index in [1.54, 1.807) is 0 Å². The van der Waals surface area contributed by atoms with E-state index in [0.717, 1.165) is 77.0 Å². The normalized spacial score (nSPS) is 14.0. The quantitative estimate of drug-likeness (QED) is 0.0156. The molecule has 0 rings (SSSR count). The minimum atomic E-state index is -4.44. The van der Waals surface area contributed by atoms with Crippen molar-refractivity contribution >= 4 is 19.7 Å². The average Bonchev–Trinajstić information content (AvgIpc) is 3.33. The Balaban J connectivity index is 5.31. The van der Waals surface area contributed by atoms with Crippen molar-refractivity contribution in [1.82, 2.24) is 5.32 Å². The monoisotopic (exact) mass is 1020 g/mol. The molecule has 0 heterocycles. The third-order valence-corrected chi connectivity index (χ3v) is 14.6. The van der Waals surface area contributed by atoms with Crippen molar-refractivity contribution in [3.8, 4) is 0 Å². The molecule has 0 aliphatic carbocycles. The van der Waals surface area contributed by atoms with E-state index < -0.39 is 20.0 Å². The van der Waals surface area contributed by atoms with E-state index in [1.165, 1.54) is 180 Å². The summed E-state index contributed by atoms with van der Waals surface area (Å²) in [6, 6.07) is -0.848. The number of amides is 1. The molecule has 9 nitrogen and oxygen atoms in total. The first-order chi connectivity index (χ1) is 34.4. The zero-order valence-electron chi connectivity index (χ0n) is 47.7. The number of nitrogens with one attached hydrogen (secondary N) is 1. The Kier molecular flexibility index (Phi) is 50.4.